The van der Waals surface area contributed by atoms with E-state index in [9.17, 15) is 0 Å². The van der Waals surface area contributed by atoms with Gasteiger partial charge in [0.2, 0.25) is 0 Å². The van der Waals surface area contributed by atoms with E-state index in [1.54, 1.807) is 0 Å². The summed E-state index contributed by atoms with van der Waals surface area (Å²) < 4.78 is 6.59. The molecule has 0 saturated heterocycles. The van der Waals surface area contributed by atoms with Crippen molar-refractivity contribution in [2.45, 2.75) is 6.42 Å². The Kier molecular flexibility index (Phi) is 1.51. The molecule has 0 aliphatic carbocycles. The van der Waals surface area contributed by atoms with Crippen LogP contribution in [-0.4, -0.2) is 0 Å². The van der Waals surface area contributed by atoms with Crippen LogP contribution in [0.3, 0.4) is 0 Å². The fraction of sp³-hybridized carbons (Fsp3) is 0.111. The Balaban J connectivity index is 2.64. The second-order valence-electron chi connectivity index (χ2n) is 1.84. The second kappa shape index (κ2) is 2.94. The molecule has 0 bridgehead atoms. The molecular weight excluding hydrogens is 108 g/mol. The third-order valence-corrected chi connectivity index (χ3v) is 1.14. The van der Waals surface area contributed by atoms with Crippen LogP contribution in [0.25, 0.3) is 0 Å². The van der Waals surface area contributed by atoms with Gasteiger partial charge in [-0.3, -0.25) is 0 Å². The molecule has 0 nitrogen and oxygen atoms in total. The van der Waals surface area contributed by atoms with Gasteiger partial charge in [-0.05, 0) is 5.56 Å². The monoisotopic (exact) mass is 117 g/mol. The lowest BCUT2D eigenvalue weighted by Gasteiger charge is -1.89. The van der Waals surface area contributed by atoms with Gasteiger partial charge in [-0.25, -0.2) is 0 Å². The van der Waals surface area contributed by atoms with Crippen molar-refractivity contribution in [3.8, 4) is 12.3 Å². The summed E-state index contributed by atoms with van der Waals surface area (Å²) in [6.07, 6.45) is 2.80. The average molecular weight is 117 g/mol. The number of terminal acetylenes is 1. The van der Waals surface area contributed by atoms with E-state index in [1.807, 2.05) is 30.3 Å². The van der Waals surface area contributed by atoms with Gasteiger partial charge in [-0.15, -0.1) is 12.3 Å². The summed E-state index contributed by atoms with van der Waals surface area (Å²) in [7, 11) is 0. The van der Waals surface area contributed by atoms with Crippen LogP contribution in [0.2, 0.25) is 0 Å². The Labute approximate surface area is 56.9 Å². The molecule has 0 spiro atoms. The molecule has 1 aromatic carbocycles. The quantitative estimate of drug-likeness (QED) is 0.492. The van der Waals surface area contributed by atoms with Gasteiger partial charge in [-0.2, -0.15) is 0 Å². The standard InChI is InChI=1S/C9H8/c1-2-6-9-7-4-3-5-8-9/h1,3-5,7-8H,6H2/i1D. The lowest BCUT2D eigenvalue weighted by Crippen LogP contribution is -1.76. The average Bonchev–Trinajstić information content (AvgIpc) is 2.03. The molecule has 0 amide bonds. The molecule has 1 rings (SSSR count). The van der Waals surface area contributed by atoms with Crippen molar-refractivity contribution in [2.24, 2.45) is 0 Å². The molecule has 9 heavy (non-hydrogen) atoms. The normalized spacial score (nSPS) is 9.11. The molecule has 0 heteroatoms. The number of hydrogen-bond donors (Lipinski definition) is 0. The van der Waals surface area contributed by atoms with Crippen molar-refractivity contribution < 1.29 is 1.37 Å². The van der Waals surface area contributed by atoms with Crippen LogP contribution in [0.1, 0.15) is 6.93 Å². The van der Waals surface area contributed by atoms with Gasteiger partial charge in [-0.1, -0.05) is 30.3 Å². The Morgan fingerprint density at radius 3 is 2.89 bits per heavy atom. The minimum atomic E-state index is 0.685. The highest BCUT2D eigenvalue weighted by Gasteiger charge is 1.82. The zero-order valence-electron chi connectivity index (χ0n) is 6.09. The van der Waals surface area contributed by atoms with E-state index in [0.29, 0.717) is 6.42 Å². The third kappa shape index (κ3) is 1.62. The fourth-order valence-electron chi connectivity index (χ4n) is 0.698. The first-order valence-electron chi connectivity index (χ1n) is 3.37. The fourth-order valence-corrected chi connectivity index (χ4v) is 0.698. The highest BCUT2D eigenvalue weighted by molar-refractivity contribution is 5.18. The molecule has 0 unspecified atom stereocenters. The van der Waals surface area contributed by atoms with Crippen molar-refractivity contribution in [3.63, 3.8) is 0 Å². The van der Waals surface area contributed by atoms with Crippen LogP contribution in [0, 0.1) is 12.3 Å². The first-order chi connectivity index (χ1) is 4.93. The van der Waals surface area contributed by atoms with Gasteiger partial charge in [0.15, 0.2) is 0 Å². The zero-order valence-corrected chi connectivity index (χ0v) is 5.09. The van der Waals surface area contributed by atoms with Crippen molar-refractivity contribution in [2.75, 3.05) is 0 Å². The summed E-state index contributed by atoms with van der Waals surface area (Å²) >= 11 is 0. The van der Waals surface area contributed by atoms with Crippen LogP contribution < -0.4 is 0 Å². The van der Waals surface area contributed by atoms with E-state index in [4.69, 9.17) is 1.37 Å². The Hall–Kier alpha value is -1.22. The maximum Gasteiger partial charge on any atom is 0.124 e. The van der Waals surface area contributed by atoms with Crippen LogP contribution in [0.4, 0.5) is 0 Å². The van der Waals surface area contributed by atoms with Crippen LogP contribution in [-0.2, 0) is 6.42 Å². The van der Waals surface area contributed by atoms with E-state index < -0.39 is 0 Å². The van der Waals surface area contributed by atoms with E-state index >= 15 is 0 Å². The highest BCUT2D eigenvalue weighted by atomic mass is 13.9. The molecule has 0 aliphatic rings. The smallest absolute Gasteiger partial charge is 0.120 e. The van der Waals surface area contributed by atoms with Gasteiger partial charge in [0.05, 0.1) is 0 Å². The van der Waals surface area contributed by atoms with Gasteiger partial charge < -0.3 is 0 Å². The molecule has 0 N–H and O–H groups in total. The number of hydrogen-bond acceptors (Lipinski definition) is 0. The minimum absolute atomic E-state index is 0.685. The summed E-state index contributed by atoms with van der Waals surface area (Å²) in [6, 6.07) is 9.92. The molecule has 0 radical (unpaired) electrons. The molecule has 1 aromatic rings. The summed E-state index contributed by atoms with van der Waals surface area (Å²) in [5, 5.41) is 0. The number of rotatable bonds is 1. The van der Waals surface area contributed by atoms with Crippen LogP contribution in [0.15, 0.2) is 30.3 Å². The predicted octanol–water partition coefficient (Wildman–Crippen LogP) is 1.86. The SMILES string of the molecule is [2H]C#CCc1ccccc1. The highest BCUT2D eigenvalue weighted by Crippen LogP contribution is 1.96. The van der Waals surface area contributed by atoms with Gasteiger partial charge >= 0.3 is 0 Å². The van der Waals surface area contributed by atoms with Crippen molar-refractivity contribution in [1.82, 2.24) is 0 Å². The minimum Gasteiger partial charge on any atom is -0.120 e. The van der Waals surface area contributed by atoms with Gasteiger partial charge in [0.25, 0.3) is 0 Å². The summed E-state index contributed by atoms with van der Waals surface area (Å²) in [6.45, 7) is 0. The lowest BCUT2D eigenvalue weighted by atomic mass is 10.2. The largest absolute Gasteiger partial charge is 0.124 e. The van der Waals surface area contributed by atoms with Crippen molar-refractivity contribution >= 4 is 0 Å². The molecule has 44 valence electrons. The van der Waals surface area contributed by atoms with Crippen molar-refractivity contribution in [1.29, 1.82) is 0 Å². The van der Waals surface area contributed by atoms with Crippen molar-refractivity contribution in [3.05, 3.63) is 35.9 Å². The third-order valence-electron chi connectivity index (χ3n) is 1.14. The maximum atomic E-state index is 6.59. The molecule has 0 aliphatic heterocycles. The first-order valence-corrected chi connectivity index (χ1v) is 2.87. The maximum absolute atomic E-state index is 6.59. The lowest BCUT2D eigenvalue weighted by molar-refractivity contribution is 1.32. The van der Waals surface area contributed by atoms with Crippen LogP contribution in [0.5, 0.6) is 0 Å². The molecule has 0 aromatic heterocycles. The first kappa shape index (κ1) is 4.64. The molecule has 0 fully saturated rings. The topological polar surface area (TPSA) is 0 Å². The van der Waals surface area contributed by atoms with E-state index in [-0.39, 0.29) is 0 Å². The summed E-state index contributed by atoms with van der Waals surface area (Å²) in [5.41, 5.74) is 1.17. The molecular formula is C9H8. The Morgan fingerprint density at radius 1 is 1.44 bits per heavy atom. The Morgan fingerprint density at radius 2 is 2.22 bits per heavy atom. The van der Waals surface area contributed by atoms with Gasteiger partial charge in [0.1, 0.15) is 1.37 Å². The summed E-state index contributed by atoms with van der Waals surface area (Å²) in [5.74, 6) is 2.68. The van der Waals surface area contributed by atoms with E-state index in [0.717, 1.165) is 0 Å². The zero-order chi connectivity index (χ0) is 7.23. The Bertz CT molecular complexity index is 240. The number of benzene rings is 1. The molecule has 0 saturated carbocycles. The summed E-state index contributed by atoms with van der Waals surface area (Å²) in [4.78, 5) is 0. The van der Waals surface area contributed by atoms with Crippen LogP contribution >= 0.6 is 0 Å². The molecule has 0 atom stereocenters. The van der Waals surface area contributed by atoms with E-state index in [2.05, 4.69) is 12.3 Å². The predicted molar refractivity (Wildman–Crippen MR) is 39.0 cm³/mol. The van der Waals surface area contributed by atoms with Gasteiger partial charge in [0, 0.05) is 6.42 Å². The van der Waals surface area contributed by atoms with E-state index in [1.165, 1.54) is 5.56 Å². The molecule has 0 heterocycles. The second-order valence-corrected chi connectivity index (χ2v) is 1.84.